The predicted molar refractivity (Wildman–Crippen MR) is 52.1 cm³/mol. The Morgan fingerprint density at radius 2 is 0.857 bits per heavy atom. The normalized spacial score (nSPS) is 13.1. The first kappa shape index (κ1) is 16.7. The van der Waals surface area contributed by atoms with E-state index in [1.54, 1.807) is 0 Å². The maximum Gasteiger partial charge on any atom is 0.673 e. The van der Waals surface area contributed by atoms with Crippen LogP contribution in [0.25, 0.3) is 0 Å². The molecule has 0 N–H and O–H groups in total. The van der Waals surface area contributed by atoms with Crippen molar-refractivity contribution >= 4 is 7.25 Å². The van der Waals surface area contributed by atoms with Crippen molar-refractivity contribution < 1.29 is 30.1 Å². The van der Waals surface area contributed by atoms with Crippen molar-refractivity contribution in [1.29, 1.82) is 0 Å². The van der Waals surface area contributed by atoms with Gasteiger partial charge in [-0.2, -0.15) is 0 Å². The van der Waals surface area contributed by atoms with Gasteiger partial charge in [0, 0.05) is 0 Å². The van der Waals surface area contributed by atoms with Gasteiger partial charge in [-0.3, -0.25) is 0 Å². The van der Waals surface area contributed by atoms with E-state index in [1.807, 2.05) is 0 Å². The molecule has 0 atom stereocenters. The molecule has 0 radical (unpaired) electrons. The molecule has 0 fully saturated rings. The summed E-state index contributed by atoms with van der Waals surface area (Å²) in [5, 5.41) is 5.69. The van der Waals surface area contributed by atoms with Crippen molar-refractivity contribution in [2.24, 2.45) is 0 Å². The molecule has 0 spiro atoms. The molecule has 0 rings (SSSR count). The minimum absolute atomic E-state index is 0.0972. The van der Waals surface area contributed by atoms with Crippen LogP contribution in [0, 0.1) is 0 Å². The average molecular weight is 267 g/mol. The zero-order valence-electron chi connectivity index (χ0n) is 9.22. The third-order valence-electron chi connectivity index (χ3n) is 1.81. The van der Waals surface area contributed by atoms with Gasteiger partial charge in [-0.1, -0.05) is 0 Å². The second-order valence-electron chi connectivity index (χ2n) is 2.25. The van der Waals surface area contributed by atoms with E-state index in [0.717, 1.165) is 0 Å². The third kappa shape index (κ3) is 10.4. The van der Waals surface area contributed by atoms with Crippen LogP contribution in [0.1, 0.15) is 27.7 Å². The Morgan fingerprint density at radius 3 is 0.857 bits per heavy atom. The van der Waals surface area contributed by atoms with Gasteiger partial charge in [0.15, 0.2) is 0 Å². The summed E-state index contributed by atoms with van der Waals surface area (Å²) < 4.78 is 39.0. The van der Waals surface area contributed by atoms with Gasteiger partial charge in [0.25, 0.3) is 0 Å². The predicted octanol–water partition coefficient (Wildman–Crippen LogP) is 5.19. The maximum absolute atomic E-state index is 9.75. The van der Waals surface area contributed by atoms with Gasteiger partial charge in [0.1, 0.15) is 0 Å². The molecule has 0 nitrogen and oxygen atoms in total. The van der Waals surface area contributed by atoms with Crippen LogP contribution >= 0.6 is 0 Å². The number of hydrogen-bond acceptors (Lipinski definition) is 0. The molecule has 0 bridgehead atoms. The summed E-state index contributed by atoms with van der Waals surface area (Å²) >= 11 is -0.0972. The van der Waals surface area contributed by atoms with E-state index in [1.165, 1.54) is 21.3 Å². The summed E-state index contributed by atoms with van der Waals surface area (Å²) in [6.45, 7) is 9.35. The Bertz CT molecular complexity index is 110. The van der Waals surface area contributed by atoms with Gasteiger partial charge in [-0.15, -0.1) is 0 Å². The number of hydrogen-bond donors (Lipinski definition) is 0. The van der Waals surface area contributed by atoms with Crippen molar-refractivity contribution in [2.45, 2.75) is 49.0 Å². The fourth-order valence-corrected chi connectivity index (χ4v) is 3.73. The summed E-state index contributed by atoms with van der Waals surface area (Å²) in [5.41, 5.74) is 0. The van der Waals surface area contributed by atoms with Gasteiger partial charge in [-0.25, -0.2) is 0 Å². The molecule has 0 aliphatic heterocycles. The molecule has 0 aliphatic rings. The second-order valence-corrected chi connectivity index (χ2v) is 7.74. The van der Waals surface area contributed by atoms with Crippen LogP contribution in [-0.4, -0.2) is 7.25 Å². The molecular weight excluding hydrogens is 246 g/mol. The topological polar surface area (TPSA) is 0 Å². The van der Waals surface area contributed by atoms with Gasteiger partial charge in [0.05, 0.1) is 0 Å². The molecule has 95 valence electrons. The summed E-state index contributed by atoms with van der Waals surface area (Å²) in [7, 11) is -6.00. The first-order valence-corrected chi connectivity index (χ1v) is 7.22. The summed E-state index contributed by atoms with van der Waals surface area (Å²) in [4.78, 5) is 0. The molecule has 0 amide bonds. The molecule has 0 heterocycles. The zero-order valence-corrected chi connectivity index (χ0v) is 10.2. The number of halogens is 4. The Kier molecular flexibility index (Phi) is 9.05. The molecular formula is C8H20BCuF4-. The minimum Gasteiger partial charge on any atom is -0.418 e. The van der Waals surface area contributed by atoms with Crippen LogP contribution in [0.15, 0.2) is 0 Å². The standard InChI is InChI=1S/4C2H5.BF4.Cu/c4*1-2;2-1(3,4)5;/h4*1H2,2H3;;/q;;;;-1;. The van der Waals surface area contributed by atoms with E-state index in [0.29, 0.717) is 0 Å². The van der Waals surface area contributed by atoms with Gasteiger partial charge in [-0.05, 0) is 0 Å². The minimum atomic E-state index is -6.00. The van der Waals surface area contributed by atoms with E-state index in [-0.39, 0.29) is 12.8 Å². The second kappa shape index (κ2) is 7.58. The first-order valence-electron chi connectivity index (χ1n) is 4.55. The summed E-state index contributed by atoms with van der Waals surface area (Å²) in [6, 6.07) is 0. The van der Waals surface area contributed by atoms with E-state index in [4.69, 9.17) is 0 Å². The Morgan fingerprint density at radius 1 is 0.714 bits per heavy atom. The molecule has 0 aromatic heterocycles. The van der Waals surface area contributed by atoms with Crippen LogP contribution in [-0.2, 0) is 12.8 Å². The molecule has 0 aromatic rings. The Labute approximate surface area is 86.8 Å². The van der Waals surface area contributed by atoms with Crippen LogP contribution in [0.5, 0.6) is 0 Å². The fraction of sp³-hybridized carbons (Fsp3) is 1.00. The van der Waals surface area contributed by atoms with Gasteiger partial charge in [0.2, 0.25) is 0 Å². The molecule has 0 saturated carbocycles. The maximum atomic E-state index is 9.75. The molecule has 14 heavy (non-hydrogen) atoms. The van der Waals surface area contributed by atoms with E-state index < -0.39 is 7.25 Å². The fourth-order valence-electron chi connectivity index (χ4n) is 0.905. The zero-order chi connectivity index (χ0) is 11.8. The monoisotopic (exact) mass is 266 g/mol. The third-order valence-corrected chi connectivity index (χ3v) is 7.46. The molecule has 0 aromatic carbocycles. The van der Waals surface area contributed by atoms with E-state index in [2.05, 4.69) is 27.7 Å². The molecule has 0 aliphatic carbocycles. The van der Waals surface area contributed by atoms with E-state index >= 15 is 0 Å². The largest absolute Gasteiger partial charge is 0.673 e. The van der Waals surface area contributed by atoms with Gasteiger partial charge >= 0.3 is 69.1 Å². The smallest absolute Gasteiger partial charge is 0.418 e. The van der Waals surface area contributed by atoms with Crippen molar-refractivity contribution in [3.05, 3.63) is 0 Å². The Balaban J connectivity index is 0. The summed E-state index contributed by atoms with van der Waals surface area (Å²) in [5.74, 6) is 0. The van der Waals surface area contributed by atoms with Crippen LogP contribution in [0.3, 0.4) is 0 Å². The van der Waals surface area contributed by atoms with Crippen molar-refractivity contribution in [3.8, 4) is 0 Å². The van der Waals surface area contributed by atoms with Crippen LogP contribution < -0.4 is 0 Å². The molecule has 0 unspecified atom stereocenters. The average Bonchev–Trinajstić information content (AvgIpc) is 2.07. The van der Waals surface area contributed by atoms with Crippen molar-refractivity contribution in [3.63, 3.8) is 0 Å². The Hall–Kier alpha value is 0.304. The molecule has 0 saturated heterocycles. The SMILES string of the molecule is C[CH2][Cu]([CH2]C)([CH2]C)[CH2]C.F[B-](F)(F)F. The number of rotatable bonds is 4. The van der Waals surface area contributed by atoms with E-state index in [9.17, 15) is 17.3 Å². The van der Waals surface area contributed by atoms with Crippen molar-refractivity contribution in [1.82, 2.24) is 0 Å². The molecule has 6 heteroatoms. The van der Waals surface area contributed by atoms with Crippen LogP contribution in [0.4, 0.5) is 17.3 Å². The quantitative estimate of drug-likeness (QED) is 0.485. The van der Waals surface area contributed by atoms with Gasteiger partial charge < -0.3 is 17.3 Å². The first-order chi connectivity index (χ1) is 6.24. The summed E-state index contributed by atoms with van der Waals surface area (Å²) in [6.07, 6.45) is 0. The van der Waals surface area contributed by atoms with Crippen molar-refractivity contribution in [2.75, 3.05) is 0 Å². The van der Waals surface area contributed by atoms with Crippen LogP contribution in [0.2, 0.25) is 21.3 Å².